The van der Waals surface area contributed by atoms with Gasteiger partial charge >= 0.3 is 12.1 Å². The van der Waals surface area contributed by atoms with Crippen LogP contribution >= 0.6 is 0 Å². The van der Waals surface area contributed by atoms with Crippen LogP contribution in [0.15, 0.2) is 18.2 Å². The van der Waals surface area contributed by atoms with Gasteiger partial charge in [-0.3, -0.25) is 4.79 Å². The van der Waals surface area contributed by atoms with Crippen LogP contribution < -0.4 is 5.73 Å². The predicted molar refractivity (Wildman–Crippen MR) is 50.7 cm³/mol. The summed E-state index contributed by atoms with van der Waals surface area (Å²) in [4.78, 5) is 10.6. The standard InChI is InChI=1S/C10H10F3NO2/c1-5-3-2-4-6(10(11,12)13)7(5)8(14)9(15)16/h2-4,8H,14H2,1H3,(H,15,16). The van der Waals surface area contributed by atoms with E-state index in [4.69, 9.17) is 10.8 Å². The monoisotopic (exact) mass is 233 g/mol. The van der Waals surface area contributed by atoms with Crippen LogP contribution in [-0.2, 0) is 11.0 Å². The Labute approximate surface area is 89.7 Å². The topological polar surface area (TPSA) is 63.3 Å². The average Bonchev–Trinajstić information content (AvgIpc) is 2.14. The molecule has 1 atom stereocenters. The second-order valence-electron chi connectivity index (χ2n) is 3.35. The Morgan fingerprint density at radius 2 is 2.00 bits per heavy atom. The fraction of sp³-hybridized carbons (Fsp3) is 0.300. The van der Waals surface area contributed by atoms with Gasteiger partial charge in [0.2, 0.25) is 0 Å². The molecule has 88 valence electrons. The van der Waals surface area contributed by atoms with Gasteiger partial charge in [0, 0.05) is 0 Å². The van der Waals surface area contributed by atoms with E-state index < -0.39 is 23.8 Å². The minimum atomic E-state index is -4.60. The summed E-state index contributed by atoms with van der Waals surface area (Å²) in [5, 5.41) is 8.66. The van der Waals surface area contributed by atoms with Gasteiger partial charge in [0.25, 0.3) is 0 Å². The number of alkyl halides is 3. The van der Waals surface area contributed by atoms with Crippen molar-refractivity contribution in [2.75, 3.05) is 0 Å². The molecular weight excluding hydrogens is 223 g/mol. The molecule has 0 amide bonds. The lowest BCUT2D eigenvalue weighted by Crippen LogP contribution is -2.25. The summed E-state index contributed by atoms with van der Waals surface area (Å²) in [7, 11) is 0. The molecule has 0 spiro atoms. The molecule has 0 aromatic heterocycles. The fourth-order valence-electron chi connectivity index (χ4n) is 1.46. The van der Waals surface area contributed by atoms with Crippen LogP contribution in [0.3, 0.4) is 0 Å². The highest BCUT2D eigenvalue weighted by molar-refractivity contribution is 5.76. The second-order valence-corrected chi connectivity index (χ2v) is 3.35. The number of carbonyl (C=O) groups is 1. The Bertz CT molecular complexity index is 415. The smallest absolute Gasteiger partial charge is 0.416 e. The highest BCUT2D eigenvalue weighted by Crippen LogP contribution is 2.35. The van der Waals surface area contributed by atoms with E-state index in [1.807, 2.05) is 0 Å². The summed E-state index contributed by atoms with van der Waals surface area (Å²) in [6.07, 6.45) is -4.60. The molecule has 16 heavy (non-hydrogen) atoms. The molecule has 1 unspecified atom stereocenters. The van der Waals surface area contributed by atoms with Crippen molar-refractivity contribution >= 4 is 5.97 Å². The van der Waals surface area contributed by atoms with Crippen molar-refractivity contribution in [2.45, 2.75) is 19.1 Å². The molecule has 6 heteroatoms. The molecule has 0 saturated heterocycles. The van der Waals surface area contributed by atoms with E-state index >= 15 is 0 Å². The van der Waals surface area contributed by atoms with Crippen LogP contribution in [0.4, 0.5) is 13.2 Å². The van der Waals surface area contributed by atoms with E-state index in [0.717, 1.165) is 6.07 Å². The summed E-state index contributed by atoms with van der Waals surface area (Å²) < 4.78 is 37.8. The van der Waals surface area contributed by atoms with E-state index in [1.165, 1.54) is 19.1 Å². The van der Waals surface area contributed by atoms with Crippen molar-refractivity contribution < 1.29 is 23.1 Å². The quantitative estimate of drug-likeness (QED) is 0.822. The molecule has 3 nitrogen and oxygen atoms in total. The summed E-state index contributed by atoms with van der Waals surface area (Å²) in [5.41, 5.74) is 4.06. The molecule has 1 aromatic rings. The Balaban J connectivity index is 3.41. The molecule has 1 rings (SSSR count). The van der Waals surface area contributed by atoms with Gasteiger partial charge in [-0.15, -0.1) is 0 Å². The van der Waals surface area contributed by atoms with Gasteiger partial charge in [0.1, 0.15) is 6.04 Å². The number of aryl methyl sites for hydroxylation is 1. The van der Waals surface area contributed by atoms with E-state index in [2.05, 4.69) is 0 Å². The maximum Gasteiger partial charge on any atom is 0.416 e. The predicted octanol–water partition coefficient (Wildman–Crippen LogP) is 2.10. The zero-order valence-electron chi connectivity index (χ0n) is 8.38. The number of carboxylic acid groups (broad SMARTS) is 1. The molecule has 1 aromatic carbocycles. The minimum absolute atomic E-state index is 0.213. The Morgan fingerprint density at radius 3 is 2.44 bits per heavy atom. The first-order chi connectivity index (χ1) is 7.25. The van der Waals surface area contributed by atoms with Gasteiger partial charge in [0.05, 0.1) is 5.56 Å². The van der Waals surface area contributed by atoms with Crippen LogP contribution in [0.2, 0.25) is 0 Å². The van der Waals surface area contributed by atoms with Gasteiger partial charge in [-0.1, -0.05) is 12.1 Å². The van der Waals surface area contributed by atoms with E-state index in [-0.39, 0.29) is 11.1 Å². The zero-order chi connectivity index (χ0) is 12.5. The van der Waals surface area contributed by atoms with Crippen LogP contribution in [0.5, 0.6) is 0 Å². The molecule has 0 fully saturated rings. The van der Waals surface area contributed by atoms with Gasteiger partial charge in [-0.2, -0.15) is 13.2 Å². The molecule has 0 saturated carbocycles. The molecule has 0 aliphatic carbocycles. The molecule has 0 heterocycles. The summed E-state index contributed by atoms with van der Waals surface area (Å²) in [6.45, 7) is 1.40. The number of nitrogens with two attached hydrogens (primary N) is 1. The third-order valence-corrected chi connectivity index (χ3v) is 2.21. The number of halogens is 3. The second kappa shape index (κ2) is 4.13. The lowest BCUT2D eigenvalue weighted by Gasteiger charge is -2.17. The van der Waals surface area contributed by atoms with Crippen molar-refractivity contribution in [3.8, 4) is 0 Å². The number of aliphatic carboxylic acids is 1. The lowest BCUT2D eigenvalue weighted by molar-refractivity contribution is -0.141. The van der Waals surface area contributed by atoms with Gasteiger partial charge in [-0.25, -0.2) is 0 Å². The average molecular weight is 233 g/mol. The SMILES string of the molecule is Cc1cccc(C(F)(F)F)c1C(N)C(=O)O. The summed E-state index contributed by atoms with van der Waals surface area (Å²) in [5.74, 6) is -1.49. The molecule has 0 radical (unpaired) electrons. The van der Waals surface area contributed by atoms with Crippen LogP contribution in [-0.4, -0.2) is 11.1 Å². The first-order valence-corrected chi connectivity index (χ1v) is 4.40. The number of hydrogen-bond donors (Lipinski definition) is 2. The summed E-state index contributed by atoms with van der Waals surface area (Å²) >= 11 is 0. The fourth-order valence-corrected chi connectivity index (χ4v) is 1.46. The Kier molecular flexibility index (Phi) is 3.23. The van der Waals surface area contributed by atoms with Crippen molar-refractivity contribution in [3.63, 3.8) is 0 Å². The van der Waals surface area contributed by atoms with Gasteiger partial charge in [-0.05, 0) is 24.1 Å². The maximum atomic E-state index is 12.6. The van der Waals surface area contributed by atoms with Crippen molar-refractivity contribution in [1.29, 1.82) is 0 Å². The van der Waals surface area contributed by atoms with Crippen molar-refractivity contribution in [3.05, 3.63) is 34.9 Å². The zero-order valence-corrected chi connectivity index (χ0v) is 8.38. The van der Waals surface area contributed by atoms with Gasteiger partial charge < -0.3 is 10.8 Å². The number of hydrogen-bond acceptors (Lipinski definition) is 2. The normalized spacial score (nSPS) is 13.6. The molecule has 0 aliphatic heterocycles. The number of rotatable bonds is 2. The Hall–Kier alpha value is -1.56. The lowest BCUT2D eigenvalue weighted by atomic mass is 9.95. The van der Waals surface area contributed by atoms with Crippen LogP contribution in [0, 0.1) is 6.92 Å². The molecule has 0 aliphatic rings. The van der Waals surface area contributed by atoms with E-state index in [1.54, 1.807) is 0 Å². The first kappa shape index (κ1) is 12.5. The number of carboxylic acids is 1. The van der Waals surface area contributed by atoms with Crippen LogP contribution in [0.1, 0.15) is 22.7 Å². The van der Waals surface area contributed by atoms with Crippen molar-refractivity contribution in [2.24, 2.45) is 5.73 Å². The van der Waals surface area contributed by atoms with E-state index in [9.17, 15) is 18.0 Å². The number of benzene rings is 1. The highest BCUT2D eigenvalue weighted by atomic mass is 19.4. The van der Waals surface area contributed by atoms with E-state index in [0.29, 0.717) is 0 Å². The van der Waals surface area contributed by atoms with Crippen molar-refractivity contribution in [1.82, 2.24) is 0 Å². The molecule has 0 bridgehead atoms. The largest absolute Gasteiger partial charge is 0.480 e. The summed E-state index contributed by atoms with van der Waals surface area (Å²) in [6, 6.07) is 1.77. The molecular formula is C10H10F3NO2. The Morgan fingerprint density at radius 1 is 1.44 bits per heavy atom. The van der Waals surface area contributed by atoms with Crippen LogP contribution in [0.25, 0.3) is 0 Å². The maximum absolute atomic E-state index is 12.6. The highest BCUT2D eigenvalue weighted by Gasteiger charge is 2.36. The third kappa shape index (κ3) is 2.33. The third-order valence-electron chi connectivity index (χ3n) is 2.21. The minimum Gasteiger partial charge on any atom is -0.480 e. The first-order valence-electron chi connectivity index (χ1n) is 4.40. The molecule has 3 N–H and O–H groups in total. The van der Waals surface area contributed by atoms with Gasteiger partial charge in [0.15, 0.2) is 0 Å².